The molecule has 19 heavy (non-hydrogen) atoms. The third-order valence-corrected chi connectivity index (χ3v) is 3.18. The van der Waals surface area contributed by atoms with Gasteiger partial charge in [0.15, 0.2) is 5.65 Å². The Morgan fingerprint density at radius 3 is 2.53 bits per heavy atom. The second-order valence-corrected chi connectivity index (χ2v) is 4.34. The van der Waals surface area contributed by atoms with Gasteiger partial charge in [-0.25, -0.2) is 4.98 Å². The number of hydrogen-bond acceptors (Lipinski definition) is 3. The first-order valence-electron chi connectivity index (χ1n) is 6.07. The lowest BCUT2D eigenvalue weighted by molar-refractivity contribution is 1.11. The highest BCUT2D eigenvalue weighted by Crippen LogP contribution is 2.24. The Morgan fingerprint density at radius 1 is 0.842 bits per heavy atom. The van der Waals surface area contributed by atoms with E-state index in [1.54, 1.807) is 6.33 Å². The molecule has 4 aromatic rings. The molecule has 0 unspecified atom stereocenters. The molecule has 90 valence electrons. The summed E-state index contributed by atoms with van der Waals surface area (Å²) >= 11 is 0. The van der Waals surface area contributed by atoms with Gasteiger partial charge in [-0.2, -0.15) is 0 Å². The molecule has 0 saturated heterocycles. The summed E-state index contributed by atoms with van der Waals surface area (Å²) in [6.07, 6.45) is 1.73. The predicted octanol–water partition coefficient (Wildman–Crippen LogP) is 2.94. The van der Waals surface area contributed by atoms with E-state index >= 15 is 0 Å². The van der Waals surface area contributed by atoms with Crippen molar-refractivity contribution in [2.75, 3.05) is 0 Å². The smallest absolute Gasteiger partial charge is 0.187 e. The van der Waals surface area contributed by atoms with Gasteiger partial charge in [0, 0.05) is 5.56 Å². The van der Waals surface area contributed by atoms with Crippen LogP contribution in [-0.4, -0.2) is 19.6 Å². The molecule has 0 atom stereocenters. The standard InChI is InChI=1S/C15H10N4/c1-2-6-11(7-3-1)14-15-18-16-10-19(15)13-9-5-4-8-12(13)17-14/h1-10H. The molecule has 4 rings (SSSR count). The lowest BCUT2D eigenvalue weighted by atomic mass is 10.1. The minimum absolute atomic E-state index is 0.782. The maximum absolute atomic E-state index is 4.72. The van der Waals surface area contributed by atoms with Crippen molar-refractivity contribution >= 4 is 16.7 Å². The minimum Gasteiger partial charge on any atom is -0.278 e. The molecular formula is C15H10N4. The fourth-order valence-electron chi connectivity index (χ4n) is 2.30. The van der Waals surface area contributed by atoms with Gasteiger partial charge in [-0.05, 0) is 12.1 Å². The molecule has 0 aliphatic carbocycles. The molecule has 2 aromatic heterocycles. The monoisotopic (exact) mass is 246 g/mol. The van der Waals surface area contributed by atoms with E-state index in [4.69, 9.17) is 4.98 Å². The van der Waals surface area contributed by atoms with Crippen LogP contribution >= 0.6 is 0 Å². The summed E-state index contributed by atoms with van der Waals surface area (Å²) < 4.78 is 1.98. The Labute approximate surface area is 109 Å². The van der Waals surface area contributed by atoms with E-state index in [9.17, 15) is 0 Å². The molecule has 2 heterocycles. The predicted molar refractivity (Wildman–Crippen MR) is 73.7 cm³/mol. The van der Waals surface area contributed by atoms with E-state index in [-0.39, 0.29) is 0 Å². The molecule has 0 amide bonds. The van der Waals surface area contributed by atoms with Crippen LogP contribution < -0.4 is 0 Å². The average molecular weight is 246 g/mol. The van der Waals surface area contributed by atoms with Crippen molar-refractivity contribution < 1.29 is 0 Å². The van der Waals surface area contributed by atoms with Crippen LogP contribution in [0.25, 0.3) is 27.9 Å². The molecule has 0 N–H and O–H groups in total. The van der Waals surface area contributed by atoms with Crippen LogP contribution in [0.1, 0.15) is 0 Å². The molecule has 0 spiro atoms. The molecule has 2 aromatic carbocycles. The van der Waals surface area contributed by atoms with Gasteiger partial charge >= 0.3 is 0 Å². The van der Waals surface area contributed by atoms with Crippen LogP contribution in [0.2, 0.25) is 0 Å². The van der Waals surface area contributed by atoms with E-state index in [0.717, 1.165) is 27.9 Å². The number of nitrogens with zero attached hydrogens (tertiary/aromatic N) is 4. The summed E-state index contributed by atoms with van der Waals surface area (Å²) in [4.78, 5) is 4.72. The molecule has 0 fully saturated rings. The van der Waals surface area contributed by atoms with E-state index in [0.29, 0.717) is 0 Å². The van der Waals surface area contributed by atoms with Crippen molar-refractivity contribution in [3.8, 4) is 11.3 Å². The fraction of sp³-hybridized carbons (Fsp3) is 0. The molecule has 4 nitrogen and oxygen atoms in total. The second-order valence-electron chi connectivity index (χ2n) is 4.34. The van der Waals surface area contributed by atoms with Crippen LogP contribution in [0, 0.1) is 0 Å². The van der Waals surface area contributed by atoms with Gasteiger partial charge < -0.3 is 0 Å². The largest absolute Gasteiger partial charge is 0.278 e. The first-order chi connectivity index (χ1) is 9.43. The lowest BCUT2D eigenvalue weighted by Crippen LogP contribution is -1.95. The second kappa shape index (κ2) is 3.88. The summed E-state index contributed by atoms with van der Waals surface area (Å²) in [6, 6.07) is 18.1. The highest BCUT2D eigenvalue weighted by Gasteiger charge is 2.11. The lowest BCUT2D eigenvalue weighted by Gasteiger charge is -2.06. The summed E-state index contributed by atoms with van der Waals surface area (Å²) in [5.41, 5.74) is 4.64. The number of hydrogen-bond donors (Lipinski definition) is 0. The van der Waals surface area contributed by atoms with Crippen LogP contribution in [0.3, 0.4) is 0 Å². The highest BCUT2D eigenvalue weighted by molar-refractivity contribution is 5.85. The number of aromatic nitrogens is 4. The van der Waals surface area contributed by atoms with E-state index in [1.165, 1.54) is 0 Å². The van der Waals surface area contributed by atoms with Gasteiger partial charge in [0.05, 0.1) is 11.0 Å². The molecule has 4 heteroatoms. The normalized spacial score (nSPS) is 11.2. The van der Waals surface area contributed by atoms with Gasteiger partial charge in [0.2, 0.25) is 0 Å². The van der Waals surface area contributed by atoms with Crippen molar-refractivity contribution in [3.63, 3.8) is 0 Å². The van der Waals surface area contributed by atoms with Crippen LogP contribution in [0.4, 0.5) is 0 Å². The van der Waals surface area contributed by atoms with Crippen LogP contribution in [-0.2, 0) is 0 Å². The molecule has 0 saturated carbocycles. The highest BCUT2D eigenvalue weighted by atomic mass is 15.2. The van der Waals surface area contributed by atoms with Crippen molar-refractivity contribution in [3.05, 3.63) is 60.9 Å². The fourth-order valence-corrected chi connectivity index (χ4v) is 2.30. The Bertz CT molecular complexity index is 865. The number of benzene rings is 2. The van der Waals surface area contributed by atoms with Crippen LogP contribution in [0.5, 0.6) is 0 Å². The molecule has 0 aliphatic rings. The van der Waals surface area contributed by atoms with Crippen molar-refractivity contribution in [1.29, 1.82) is 0 Å². The van der Waals surface area contributed by atoms with Gasteiger partial charge in [0.1, 0.15) is 12.0 Å². The Morgan fingerprint density at radius 2 is 1.63 bits per heavy atom. The zero-order valence-corrected chi connectivity index (χ0v) is 10.1. The maximum Gasteiger partial charge on any atom is 0.187 e. The number of para-hydroxylation sites is 2. The van der Waals surface area contributed by atoms with E-state index < -0.39 is 0 Å². The van der Waals surface area contributed by atoms with Crippen molar-refractivity contribution in [2.24, 2.45) is 0 Å². The molecular weight excluding hydrogens is 236 g/mol. The first-order valence-corrected chi connectivity index (χ1v) is 6.07. The number of fused-ring (bicyclic) bond motifs is 3. The Hall–Kier alpha value is -2.75. The summed E-state index contributed by atoms with van der Waals surface area (Å²) in [5, 5.41) is 8.21. The minimum atomic E-state index is 0.782. The number of rotatable bonds is 1. The summed E-state index contributed by atoms with van der Waals surface area (Å²) in [6.45, 7) is 0. The quantitative estimate of drug-likeness (QED) is 0.518. The first kappa shape index (κ1) is 10.2. The Balaban J connectivity index is 2.17. The molecule has 0 bridgehead atoms. The third kappa shape index (κ3) is 1.50. The maximum atomic E-state index is 4.72. The Kier molecular flexibility index (Phi) is 2.08. The van der Waals surface area contributed by atoms with E-state index in [2.05, 4.69) is 10.2 Å². The van der Waals surface area contributed by atoms with Gasteiger partial charge in [-0.3, -0.25) is 4.40 Å². The summed E-state index contributed by atoms with van der Waals surface area (Å²) in [7, 11) is 0. The van der Waals surface area contributed by atoms with Gasteiger partial charge in [-0.15, -0.1) is 10.2 Å². The van der Waals surface area contributed by atoms with Crippen molar-refractivity contribution in [2.45, 2.75) is 0 Å². The molecule has 0 aliphatic heterocycles. The average Bonchev–Trinajstić information content (AvgIpc) is 2.97. The third-order valence-electron chi connectivity index (χ3n) is 3.18. The van der Waals surface area contributed by atoms with Gasteiger partial charge in [0.25, 0.3) is 0 Å². The zero-order valence-electron chi connectivity index (χ0n) is 10.1. The van der Waals surface area contributed by atoms with Crippen molar-refractivity contribution in [1.82, 2.24) is 19.6 Å². The zero-order chi connectivity index (χ0) is 12.7. The van der Waals surface area contributed by atoms with E-state index in [1.807, 2.05) is 59.0 Å². The van der Waals surface area contributed by atoms with Crippen LogP contribution in [0.15, 0.2) is 60.9 Å². The van der Waals surface area contributed by atoms with Gasteiger partial charge in [-0.1, -0.05) is 42.5 Å². The molecule has 0 radical (unpaired) electrons. The summed E-state index contributed by atoms with van der Waals surface area (Å²) in [5.74, 6) is 0. The topological polar surface area (TPSA) is 43.1 Å². The SMILES string of the molecule is c1ccc(-c2nc3ccccc3n3cnnc23)cc1.